The minimum absolute atomic E-state index is 0.179. The Hall–Kier alpha value is -1.26. The van der Waals surface area contributed by atoms with Gasteiger partial charge in [0.15, 0.2) is 0 Å². The fraction of sp³-hybridized carbons (Fsp3) is 0.588. The number of ether oxygens (including phenoxy) is 2. The van der Waals surface area contributed by atoms with Crippen molar-refractivity contribution in [1.82, 2.24) is 0 Å². The molecule has 0 aliphatic rings. The lowest BCUT2D eigenvalue weighted by atomic mass is 9.93. The van der Waals surface area contributed by atoms with Crippen molar-refractivity contribution in [2.75, 3.05) is 19.0 Å². The number of carbonyl (C=O) groups is 1. The molecule has 0 aliphatic heterocycles. The van der Waals surface area contributed by atoms with Crippen LogP contribution in [0.4, 0.5) is 5.69 Å². The SMILES string of the molecule is CCCOc1ccc(NC(=O)[C@@](C)(CC(C)C)OC)cc1Cl. The van der Waals surface area contributed by atoms with Crippen LogP contribution in [0.5, 0.6) is 5.75 Å². The van der Waals surface area contributed by atoms with Crippen LogP contribution >= 0.6 is 11.6 Å². The van der Waals surface area contributed by atoms with E-state index in [9.17, 15) is 4.79 Å². The Morgan fingerprint density at radius 3 is 2.59 bits per heavy atom. The number of hydrogen-bond donors (Lipinski definition) is 1. The third-order valence-electron chi connectivity index (χ3n) is 3.38. The highest BCUT2D eigenvalue weighted by Crippen LogP contribution is 2.29. The zero-order chi connectivity index (χ0) is 16.8. The number of halogens is 1. The van der Waals surface area contributed by atoms with Crippen LogP contribution in [0.3, 0.4) is 0 Å². The van der Waals surface area contributed by atoms with E-state index in [1.165, 1.54) is 0 Å². The molecule has 0 radical (unpaired) electrons. The van der Waals surface area contributed by atoms with Gasteiger partial charge in [0.05, 0.1) is 11.6 Å². The summed E-state index contributed by atoms with van der Waals surface area (Å²) in [4.78, 5) is 12.5. The lowest BCUT2D eigenvalue weighted by Gasteiger charge is -2.28. The van der Waals surface area contributed by atoms with Crippen LogP contribution in [0.1, 0.15) is 40.5 Å². The zero-order valence-electron chi connectivity index (χ0n) is 14.0. The summed E-state index contributed by atoms with van der Waals surface area (Å²) >= 11 is 6.17. The summed E-state index contributed by atoms with van der Waals surface area (Å²) in [5.74, 6) is 0.796. The largest absolute Gasteiger partial charge is 0.492 e. The molecule has 0 heterocycles. The second-order valence-corrected chi connectivity index (χ2v) is 6.39. The highest BCUT2D eigenvalue weighted by Gasteiger charge is 2.33. The van der Waals surface area contributed by atoms with Crippen molar-refractivity contribution in [2.45, 2.75) is 46.1 Å². The van der Waals surface area contributed by atoms with Gasteiger partial charge in [0.25, 0.3) is 5.91 Å². The summed E-state index contributed by atoms with van der Waals surface area (Å²) < 4.78 is 10.9. The lowest BCUT2D eigenvalue weighted by molar-refractivity contribution is -0.137. The second-order valence-electron chi connectivity index (χ2n) is 5.98. The van der Waals surface area contributed by atoms with Gasteiger partial charge in [-0.3, -0.25) is 4.79 Å². The maximum atomic E-state index is 12.5. The smallest absolute Gasteiger partial charge is 0.256 e. The van der Waals surface area contributed by atoms with Gasteiger partial charge in [-0.15, -0.1) is 0 Å². The molecule has 0 bridgehead atoms. The van der Waals surface area contributed by atoms with E-state index in [4.69, 9.17) is 21.1 Å². The highest BCUT2D eigenvalue weighted by atomic mass is 35.5. The highest BCUT2D eigenvalue weighted by molar-refractivity contribution is 6.32. The van der Waals surface area contributed by atoms with Gasteiger partial charge in [-0.2, -0.15) is 0 Å². The van der Waals surface area contributed by atoms with Gasteiger partial charge in [0, 0.05) is 12.8 Å². The molecule has 0 unspecified atom stereocenters. The molecule has 4 nitrogen and oxygen atoms in total. The summed E-state index contributed by atoms with van der Waals surface area (Å²) in [6, 6.07) is 5.23. The van der Waals surface area contributed by atoms with Crippen LogP contribution in [-0.4, -0.2) is 25.2 Å². The lowest BCUT2D eigenvalue weighted by Crippen LogP contribution is -2.43. The van der Waals surface area contributed by atoms with Crippen LogP contribution in [0.2, 0.25) is 5.02 Å². The summed E-state index contributed by atoms with van der Waals surface area (Å²) in [5, 5.41) is 3.34. The van der Waals surface area contributed by atoms with Crippen LogP contribution in [-0.2, 0) is 9.53 Å². The Labute approximate surface area is 138 Å². The monoisotopic (exact) mass is 327 g/mol. The number of rotatable bonds is 8. The van der Waals surface area contributed by atoms with Crippen LogP contribution < -0.4 is 10.1 Å². The molecule has 22 heavy (non-hydrogen) atoms. The Balaban J connectivity index is 2.81. The molecular weight excluding hydrogens is 302 g/mol. The molecule has 1 rings (SSSR count). The van der Waals surface area contributed by atoms with Gasteiger partial charge < -0.3 is 14.8 Å². The molecule has 0 spiro atoms. The zero-order valence-corrected chi connectivity index (χ0v) is 14.8. The molecular formula is C17H26ClNO3. The van der Waals surface area contributed by atoms with E-state index in [1.54, 1.807) is 32.2 Å². The first-order valence-electron chi connectivity index (χ1n) is 7.61. The quantitative estimate of drug-likeness (QED) is 0.763. The van der Waals surface area contributed by atoms with E-state index in [0.29, 0.717) is 35.4 Å². The Kier molecular flexibility index (Phi) is 7.17. The van der Waals surface area contributed by atoms with E-state index in [1.807, 2.05) is 6.92 Å². The van der Waals surface area contributed by atoms with Gasteiger partial charge in [-0.25, -0.2) is 0 Å². The van der Waals surface area contributed by atoms with Gasteiger partial charge >= 0.3 is 0 Å². The summed E-state index contributed by atoms with van der Waals surface area (Å²) in [6.45, 7) is 8.55. The van der Waals surface area contributed by atoms with E-state index in [-0.39, 0.29) is 5.91 Å². The fourth-order valence-corrected chi connectivity index (χ4v) is 2.45. The number of methoxy groups -OCH3 is 1. The molecule has 1 N–H and O–H groups in total. The van der Waals surface area contributed by atoms with Gasteiger partial charge in [-0.05, 0) is 43.9 Å². The van der Waals surface area contributed by atoms with E-state index >= 15 is 0 Å². The van der Waals surface area contributed by atoms with Crippen molar-refractivity contribution in [2.24, 2.45) is 5.92 Å². The number of nitrogens with one attached hydrogen (secondary N) is 1. The predicted octanol–water partition coefficient (Wildman–Crippen LogP) is 4.52. The van der Waals surface area contributed by atoms with E-state index in [2.05, 4.69) is 19.2 Å². The second kappa shape index (κ2) is 8.39. The van der Waals surface area contributed by atoms with Crippen molar-refractivity contribution in [3.8, 4) is 5.75 Å². The topological polar surface area (TPSA) is 47.6 Å². The number of benzene rings is 1. The minimum atomic E-state index is -0.863. The predicted molar refractivity (Wildman–Crippen MR) is 90.7 cm³/mol. The standard InChI is InChI=1S/C17H26ClNO3/c1-6-9-22-15-8-7-13(10-14(15)18)19-16(20)17(4,21-5)11-12(2)3/h7-8,10,12H,6,9,11H2,1-5H3,(H,19,20)/t17-/m1/s1. The maximum Gasteiger partial charge on any atom is 0.256 e. The van der Waals surface area contributed by atoms with Crippen LogP contribution in [0, 0.1) is 5.92 Å². The first-order chi connectivity index (χ1) is 10.3. The van der Waals surface area contributed by atoms with Crippen LogP contribution in [0.15, 0.2) is 18.2 Å². The van der Waals surface area contributed by atoms with Crippen molar-refractivity contribution in [1.29, 1.82) is 0 Å². The molecule has 1 atom stereocenters. The third kappa shape index (κ3) is 5.18. The normalized spacial score (nSPS) is 13.8. The maximum absolute atomic E-state index is 12.5. The van der Waals surface area contributed by atoms with Gasteiger partial charge in [0.2, 0.25) is 0 Å². The minimum Gasteiger partial charge on any atom is -0.492 e. The summed E-state index contributed by atoms with van der Waals surface area (Å²) in [5.41, 5.74) is -0.233. The molecule has 0 aromatic heterocycles. The summed E-state index contributed by atoms with van der Waals surface area (Å²) in [7, 11) is 1.55. The molecule has 1 aromatic carbocycles. The molecule has 0 saturated heterocycles. The molecule has 1 aromatic rings. The van der Waals surface area contributed by atoms with Crippen molar-refractivity contribution >= 4 is 23.2 Å². The number of anilines is 1. The Morgan fingerprint density at radius 1 is 1.41 bits per heavy atom. The van der Waals surface area contributed by atoms with Crippen molar-refractivity contribution in [3.63, 3.8) is 0 Å². The Morgan fingerprint density at radius 2 is 2.09 bits per heavy atom. The molecule has 0 aliphatic carbocycles. The van der Waals surface area contributed by atoms with E-state index in [0.717, 1.165) is 6.42 Å². The number of carbonyl (C=O) groups excluding carboxylic acids is 1. The first kappa shape index (κ1) is 18.8. The number of amides is 1. The molecule has 1 amide bonds. The summed E-state index contributed by atoms with van der Waals surface area (Å²) in [6.07, 6.45) is 1.55. The number of hydrogen-bond acceptors (Lipinski definition) is 3. The van der Waals surface area contributed by atoms with Gasteiger partial charge in [0.1, 0.15) is 11.4 Å². The molecule has 5 heteroatoms. The van der Waals surface area contributed by atoms with Gasteiger partial charge in [-0.1, -0.05) is 32.4 Å². The van der Waals surface area contributed by atoms with Crippen LogP contribution in [0.25, 0.3) is 0 Å². The van der Waals surface area contributed by atoms with Crippen molar-refractivity contribution < 1.29 is 14.3 Å². The average Bonchev–Trinajstić information content (AvgIpc) is 2.45. The molecule has 0 fully saturated rings. The first-order valence-corrected chi connectivity index (χ1v) is 7.99. The van der Waals surface area contributed by atoms with Crippen molar-refractivity contribution in [3.05, 3.63) is 23.2 Å². The molecule has 0 saturated carbocycles. The van der Waals surface area contributed by atoms with E-state index < -0.39 is 5.60 Å². The fourth-order valence-electron chi connectivity index (χ4n) is 2.22. The molecule has 124 valence electrons. The Bertz CT molecular complexity index is 505. The average molecular weight is 328 g/mol. The third-order valence-corrected chi connectivity index (χ3v) is 3.68.